The van der Waals surface area contributed by atoms with E-state index in [0.29, 0.717) is 0 Å². The molecule has 0 aromatic carbocycles. The first kappa shape index (κ1) is 10.5. The molecule has 0 aromatic heterocycles. The van der Waals surface area contributed by atoms with Gasteiger partial charge in [0.1, 0.15) is 12.1 Å². The molecule has 4 nitrogen and oxygen atoms in total. The van der Waals surface area contributed by atoms with E-state index in [1.807, 2.05) is 13.8 Å². The van der Waals surface area contributed by atoms with Crippen molar-refractivity contribution in [2.75, 3.05) is 6.54 Å². The van der Waals surface area contributed by atoms with E-state index >= 15 is 0 Å². The lowest BCUT2D eigenvalue weighted by atomic mass is 9.95. The topological polar surface area (TPSA) is 49.4 Å². The minimum absolute atomic E-state index is 0.0393. The van der Waals surface area contributed by atoms with E-state index in [0.717, 1.165) is 25.8 Å². The van der Waals surface area contributed by atoms with Crippen LogP contribution in [-0.2, 0) is 9.59 Å². The summed E-state index contributed by atoms with van der Waals surface area (Å²) in [6.07, 6.45) is 2.69. The van der Waals surface area contributed by atoms with Gasteiger partial charge in [-0.1, -0.05) is 20.3 Å². The lowest BCUT2D eigenvalue weighted by molar-refractivity contribution is -0.148. The summed E-state index contributed by atoms with van der Waals surface area (Å²) in [5, 5.41) is 2.86. The van der Waals surface area contributed by atoms with E-state index in [-0.39, 0.29) is 29.8 Å². The summed E-state index contributed by atoms with van der Waals surface area (Å²) < 4.78 is 0. The molecule has 2 saturated heterocycles. The van der Waals surface area contributed by atoms with Crippen LogP contribution in [0.5, 0.6) is 0 Å². The fourth-order valence-electron chi connectivity index (χ4n) is 2.41. The number of piperazine rings is 1. The minimum atomic E-state index is -0.295. The fourth-order valence-corrected chi connectivity index (χ4v) is 2.41. The van der Waals surface area contributed by atoms with Gasteiger partial charge in [-0.25, -0.2) is 0 Å². The fraction of sp³-hybridized carbons (Fsp3) is 0.818. The zero-order chi connectivity index (χ0) is 11.0. The van der Waals surface area contributed by atoms with Gasteiger partial charge < -0.3 is 10.2 Å². The first-order chi connectivity index (χ1) is 7.15. The normalized spacial score (nSPS) is 32.5. The average Bonchev–Trinajstić information content (AvgIpc) is 2.71. The highest BCUT2D eigenvalue weighted by atomic mass is 16.2. The van der Waals surface area contributed by atoms with Crippen LogP contribution in [0.1, 0.15) is 33.1 Å². The molecule has 84 valence electrons. The van der Waals surface area contributed by atoms with Gasteiger partial charge in [-0.05, 0) is 18.8 Å². The number of amides is 2. The van der Waals surface area contributed by atoms with Gasteiger partial charge in [0, 0.05) is 6.54 Å². The van der Waals surface area contributed by atoms with E-state index in [1.165, 1.54) is 0 Å². The monoisotopic (exact) mass is 210 g/mol. The van der Waals surface area contributed by atoms with Crippen molar-refractivity contribution < 1.29 is 9.59 Å². The van der Waals surface area contributed by atoms with Gasteiger partial charge in [0.2, 0.25) is 11.8 Å². The molecule has 0 aliphatic carbocycles. The van der Waals surface area contributed by atoms with Gasteiger partial charge >= 0.3 is 0 Å². The number of hydrogen-bond donors (Lipinski definition) is 1. The van der Waals surface area contributed by atoms with Gasteiger partial charge in [-0.3, -0.25) is 9.59 Å². The summed E-state index contributed by atoms with van der Waals surface area (Å²) in [4.78, 5) is 25.6. The molecule has 4 heteroatoms. The lowest BCUT2D eigenvalue weighted by Crippen LogP contribution is -2.62. The Morgan fingerprint density at radius 3 is 2.93 bits per heavy atom. The molecule has 0 saturated carbocycles. The van der Waals surface area contributed by atoms with Crippen molar-refractivity contribution in [2.24, 2.45) is 5.92 Å². The second-order valence-electron chi connectivity index (χ2n) is 4.56. The molecule has 2 rings (SSSR count). The quantitative estimate of drug-likeness (QED) is 0.722. The van der Waals surface area contributed by atoms with Crippen LogP contribution < -0.4 is 5.32 Å². The zero-order valence-corrected chi connectivity index (χ0v) is 9.32. The highest BCUT2D eigenvalue weighted by molar-refractivity contribution is 5.97. The molecule has 1 unspecified atom stereocenters. The molecule has 15 heavy (non-hydrogen) atoms. The number of fused-ring (bicyclic) bond motifs is 1. The SMILES string of the molecule is CCC(C)[C@@H]1NC(=O)[C@@H]2CCCN2C1=O. The maximum Gasteiger partial charge on any atom is 0.246 e. The minimum Gasteiger partial charge on any atom is -0.342 e. The molecule has 0 radical (unpaired) electrons. The largest absolute Gasteiger partial charge is 0.342 e. The van der Waals surface area contributed by atoms with Crippen molar-refractivity contribution in [3.8, 4) is 0 Å². The predicted molar refractivity (Wildman–Crippen MR) is 56.1 cm³/mol. The Kier molecular flexibility index (Phi) is 2.67. The summed E-state index contributed by atoms with van der Waals surface area (Å²) in [7, 11) is 0. The van der Waals surface area contributed by atoms with Crippen LogP contribution in [0.15, 0.2) is 0 Å². The summed E-state index contributed by atoms with van der Waals surface area (Å²) in [6.45, 7) is 4.81. The molecule has 1 N–H and O–H groups in total. The van der Waals surface area contributed by atoms with Crippen LogP contribution in [0, 0.1) is 5.92 Å². The second kappa shape index (κ2) is 3.83. The van der Waals surface area contributed by atoms with E-state index in [2.05, 4.69) is 5.32 Å². The van der Waals surface area contributed by atoms with Crippen molar-refractivity contribution >= 4 is 11.8 Å². The van der Waals surface area contributed by atoms with Gasteiger partial charge in [0.15, 0.2) is 0 Å². The van der Waals surface area contributed by atoms with Gasteiger partial charge in [0.25, 0.3) is 0 Å². The second-order valence-corrected chi connectivity index (χ2v) is 4.56. The molecule has 2 amide bonds. The van der Waals surface area contributed by atoms with Crippen LogP contribution in [0.25, 0.3) is 0 Å². The lowest BCUT2D eigenvalue weighted by Gasteiger charge is -2.36. The Bertz CT molecular complexity index is 290. The van der Waals surface area contributed by atoms with E-state index in [9.17, 15) is 9.59 Å². The Morgan fingerprint density at radius 2 is 2.27 bits per heavy atom. The molecule has 3 atom stereocenters. The van der Waals surface area contributed by atoms with Crippen molar-refractivity contribution in [3.63, 3.8) is 0 Å². The summed E-state index contributed by atoms with van der Waals surface area (Å²) in [6, 6.07) is -0.477. The Morgan fingerprint density at radius 1 is 1.53 bits per heavy atom. The Balaban J connectivity index is 2.17. The summed E-state index contributed by atoms with van der Waals surface area (Å²) in [5.41, 5.74) is 0. The number of nitrogens with zero attached hydrogens (tertiary/aromatic N) is 1. The highest BCUT2D eigenvalue weighted by Gasteiger charge is 2.44. The third-order valence-corrected chi connectivity index (χ3v) is 3.62. The van der Waals surface area contributed by atoms with Gasteiger partial charge in [0.05, 0.1) is 0 Å². The Labute approximate surface area is 90.0 Å². The number of nitrogens with one attached hydrogen (secondary N) is 1. The predicted octanol–water partition coefficient (Wildman–Crippen LogP) is 0.522. The average molecular weight is 210 g/mol. The van der Waals surface area contributed by atoms with Gasteiger partial charge in [-0.15, -0.1) is 0 Å². The first-order valence-electron chi connectivity index (χ1n) is 5.76. The molecular formula is C11H18N2O2. The molecule has 2 heterocycles. The Hall–Kier alpha value is -1.06. The number of carbonyl (C=O) groups excluding carboxylic acids is 2. The third-order valence-electron chi connectivity index (χ3n) is 3.62. The first-order valence-corrected chi connectivity index (χ1v) is 5.76. The third kappa shape index (κ3) is 1.62. The maximum absolute atomic E-state index is 12.1. The zero-order valence-electron chi connectivity index (χ0n) is 9.32. The summed E-state index contributed by atoms with van der Waals surface area (Å²) in [5.74, 6) is 0.381. The molecule has 0 spiro atoms. The molecular weight excluding hydrogens is 192 g/mol. The van der Waals surface area contributed by atoms with Crippen molar-refractivity contribution in [2.45, 2.75) is 45.2 Å². The summed E-state index contributed by atoms with van der Waals surface area (Å²) >= 11 is 0. The van der Waals surface area contributed by atoms with Crippen molar-refractivity contribution in [3.05, 3.63) is 0 Å². The molecule has 2 aliphatic rings. The van der Waals surface area contributed by atoms with Crippen molar-refractivity contribution in [1.82, 2.24) is 10.2 Å². The van der Waals surface area contributed by atoms with Crippen molar-refractivity contribution in [1.29, 1.82) is 0 Å². The number of hydrogen-bond acceptors (Lipinski definition) is 2. The highest BCUT2D eigenvalue weighted by Crippen LogP contribution is 2.24. The van der Waals surface area contributed by atoms with Crippen LogP contribution in [0.3, 0.4) is 0 Å². The maximum atomic E-state index is 12.1. The van der Waals surface area contributed by atoms with Crippen LogP contribution >= 0.6 is 0 Å². The molecule has 0 aromatic rings. The van der Waals surface area contributed by atoms with Crippen LogP contribution in [0.2, 0.25) is 0 Å². The molecule has 2 aliphatic heterocycles. The molecule has 2 fully saturated rings. The number of rotatable bonds is 2. The van der Waals surface area contributed by atoms with E-state index < -0.39 is 0 Å². The smallest absolute Gasteiger partial charge is 0.246 e. The van der Waals surface area contributed by atoms with Gasteiger partial charge in [-0.2, -0.15) is 0 Å². The van der Waals surface area contributed by atoms with E-state index in [4.69, 9.17) is 0 Å². The van der Waals surface area contributed by atoms with E-state index in [1.54, 1.807) is 4.90 Å². The standard InChI is InChI=1S/C11H18N2O2/c1-3-7(2)9-11(15)13-6-4-5-8(13)10(14)12-9/h7-9H,3-6H2,1-2H3,(H,12,14)/t7?,8-,9-/m0/s1. The number of carbonyl (C=O) groups is 2. The van der Waals surface area contributed by atoms with Crippen LogP contribution in [0.4, 0.5) is 0 Å². The van der Waals surface area contributed by atoms with Crippen LogP contribution in [-0.4, -0.2) is 35.3 Å². The molecule has 0 bridgehead atoms.